The molecule has 0 radical (unpaired) electrons. The highest BCUT2D eigenvalue weighted by Gasteiger charge is 2.50. The average molecular weight is 743 g/mol. The van der Waals surface area contributed by atoms with E-state index in [1.54, 1.807) is 0 Å². The smallest absolute Gasteiger partial charge is 0.258 e. The van der Waals surface area contributed by atoms with E-state index in [2.05, 4.69) is 5.32 Å². The molecule has 280 valence electrons. The van der Waals surface area contributed by atoms with Crippen LogP contribution in [0.25, 0.3) is 0 Å². The molecule has 7 rings (SSSR count). The number of ketones is 3. The minimum atomic E-state index is -2.38. The van der Waals surface area contributed by atoms with Crippen molar-refractivity contribution in [2.75, 3.05) is 18.6 Å². The Morgan fingerprint density at radius 2 is 1.67 bits per heavy atom. The molecule has 16 heteroatoms. The average Bonchev–Trinajstić information content (AvgIpc) is 3.49. The molecule has 6 atom stereocenters. The van der Waals surface area contributed by atoms with Gasteiger partial charge in [-0.2, -0.15) is 0 Å². The zero-order valence-electron chi connectivity index (χ0n) is 28.8. The zero-order valence-corrected chi connectivity index (χ0v) is 28.8. The number of phenols is 2. The van der Waals surface area contributed by atoms with E-state index < -0.39 is 113 Å². The molecule has 0 bridgehead atoms. The topological polar surface area (TPSA) is 247 Å². The standard InChI is InChI=1S/C38H34N2O14/c1-16-32(45)21(39-37(50)17-5-3-6-18(11-17)40-25(43)9-10-26(40)44)12-27(53-16)54-23-14-38(51,24(42)15-41)13-20-29(23)36(49)31-30(34(20)47)33(46)19-7-4-8-22(52-2)28(19)35(31)48/h3-11,16,21,23,27,32,41,45,47,49,51H,12-15H2,1-2H3,(H,39,50)/t16-,21-,23-,27?,32+,38-/m0/s1. The lowest BCUT2D eigenvalue weighted by atomic mass is 9.72. The van der Waals surface area contributed by atoms with Crippen molar-refractivity contribution >= 4 is 40.8 Å². The number of amides is 3. The number of nitrogens with one attached hydrogen (secondary N) is 1. The zero-order chi connectivity index (χ0) is 38.8. The lowest BCUT2D eigenvalue weighted by molar-refractivity contribution is -0.249. The summed E-state index contributed by atoms with van der Waals surface area (Å²) in [4.78, 5) is 79.3. The predicted octanol–water partition coefficient (Wildman–Crippen LogP) is 0.902. The monoisotopic (exact) mass is 742 g/mol. The Bertz CT molecular complexity index is 2180. The van der Waals surface area contributed by atoms with Crippen LogP contribution in [0.4, 0.5) is 5.69 Å². The first kappa shape index (κ1) is 36.6. The first-order chi connectivity index (χ1) is 25.7. The van der Waals surface area contributed by atoms with Crippen molar-refractivity contribution in [3.63, 3.8) is 0 Å². The number of carbonyl (C=O) groups excluding carboxylic acids is 6. The van der Waals surface area contributed by atoms with Gasteiger partial charge in [-0.15, -0.1) is 0 Å². The van der Waals surface area contributed by atoms with Crippen LogP contribution in [-0.2, 0) is 30.3 Å². The Labute approximate surface area is 306 Å². The molecule has 4 aliphatic rings. The third kappa shape index (κ3) is 5.84. The molecule has 0 aromatic heterocycles. The number of benzene rings is 3. The highest BCUT2D eigenvalue weighted by molar-refractivity contribution is 6.31. The maximum Gasteiger partial charge on any atom is 0.258 e. The summed E-state index contributed by atoms with van der Waals surface area (Å²) >= 11 is 0. The van der Waals surface area contributed by atoms with Crippen molar-refractivity contribution in [1.29, 1.82) is 0 Å². The van der Waals surface area contributed by atoms with Gasteiger partial charge >= 0.3 is 0 Å². The highest BCUT2D eigenvalue weighted by Crippen LogP contribution is 2.52. The summed E-state index contributed by atoms with van der Waals surface area (Å²) in [5, 5.41) is 58.4. The molecular weight excluding hydrogens is 708 g/mol. The summed E-state index contributed by atoms with van der Waals surface area (Å²) in [6, 6.07) is 8.95. The largest absolute Gasteiger partial charge is 0.507 e. The van der Waals surface area contributed by atoms with Crippen LogP contribution in [0.3, 0.4) is 0 Å². The van der Waals surface area contributed by atoms with E-state index in [4.69, 9.17) is 14.2 Å². The fraction of sp³-hybridized carbons (Fsp3) is 0.316. The molecular formula is C38H34N2O14. The number of nitrogens with zero attached hydrogens (tertiary/aromatic N) is 1. The van der Waals surface area contributed by atoms with E-state index in [0.29, 0.717) is 0 Å². The van der Waals surface area contributed by atoms with Crippen LogP contribution in [-0.4, -0.2) is 104 Å². The second-order valence-corrected chi connectivity index (χ2v) is 13.5. The number of aliphatic hydroxyl groups excluding tert-OH is 2. The van der Waals surface area contributed by atoms with Gasteiger partial charge in [-0.25, -0.2) is 4.90 Å². The first-order valence-electron chi connectivity index (χ1n) is 16.9. The Kier molecular flexibility index (Phi) is 9.19. The van der Waals surface area contributed by atoms with Crippen LogP contribution in [0, 0.1) is 0 Å². The fourth-order valence-electron chi connectivity index (χ4n) is 7.55. The number of fused-ring (bicyclic) bond motifs is 3. The van der Waals surface area contributed by atoms with E-state index in [1.807, 2.05) is 0 Å². The van der Waals surface area contributed by atoms with Crippen molar-refractivity contribution < 1.29 is 68.5 Å². The van der Waals surface area contributed by atoms with Crippen molar-refractivity contribution in [2.24, 2.45) is 0 Å². The van der Waals surface area contributed by atoms with Crippen LogP contribution in [0.1, 0.15) is 79.2 Å². The molecule has 3 aromatic rings. The number of imide groups is 1. The van der Waals surface area contributed by atoms with Gasteiger partial charge in [0.2, 0.25) is 5.78 Å². The molecule has 2 heterocycles. The molecule has 1 unspecified atom stereocenters. The van der Waals surface area contributed by atoms with E-state index in [9.17, 15) is 54.3 Å². The Morgan fingerprint density at radius 1 is 0.981 bits per heavy atom. The molecule has 0 spiro atoms. The van der Waals surface area contributed by atoms with Crippen LogP contribution in [0.2, 0.25) is 0 Å². The molecule has 3 aromatic carbocycles. The van der Waals surface area contributed by atoms with Gasteiger partial charge < -0.3 is 45.1 Å². The molecule has 1 saturated heterocycles. The van der Waals surface area contributed by atoms with Gasteiger partial charge in [-0.1, -0.05) is 18.2 Å². The predicted molar refractivity (Wildman–Crippen MR) is 183 cm³/mol. The van der Waals surface area contributed by atoms with Crippen LogP contribution >= 0.6 is 0 Å². The maximum absolute atomic E-state index is 13.9. The first-order valence-corrected chi connectivity index (χ1v) is 16.9. The number of rotatable bonds is 8. The van der Waals surface area contributed by atoms with Crippen LogP contribution < -0.4 is 15.0 Å². The van der Waals surface area contributed by atoms with Gasteiger partial charge in [0.05, 0.1) is 47.7 Å². The van der Waals surface area contributed by atoms with Crippen molar-refractivity contribution in [2.45, 2.75) is 62.4 Å². The maximum atomic E-state index is 13.9. The van der Waals surface area contributed by atoms with Gasteiger partial charge in [0, 0.05) is 53.7 Å². The van der Waals surface area contributed by atoms with E-state index in [-0.39, 0.29) is 45.7 Å². The van der Waals surface area contributed by atoms with Gasteiger partial charge in [-0.3, -0.25) is 28.8 Å². The number of methoxy groups -OCH3 is 1. The molecule has 2 aliphatic heterocycles. The Hall–Kier alpha value is -5.78. The van der Waals surface area contributed by atoms with Crippen molar-refractivity contribution in [3.05, 3.63) is 93.6 Å². The SMILES string of the molecule is COc1cccc2c1C(=O)c1c(O)c3c(c(O)c1C2=O)C[C@@](O)(C(=O)CO)C[C@@H]3OC1C[C@H](NC(=O)c2cccc(N3C(=O)C=CC3=O)c2)[C@H](O)[C@H](C)O1. The highest BCUT2D eigenvalue weighted by atomic mass is 16.7. The summed E-state index contributed by atoms with van der Waals surface area (Å²) < 4.78 is 17.4. The van der Waals surface area contributed by atoms with E-state index in [1.165, 1.54) is 56.5 Å². The number of carbonyl (C=O) groups is 6. The molecule has 3 amide bonds. The molecule has 54 heavy (non-hydrogen) atoms. The molecule has 2 aliphatic carbocycles. The summed E-state index contributed by atoms with van der Waals surface area (Å²) in [6.07, 6.45) is -4.39. The molecule has 1 fully saturated rings. The van der Waals surface area contributed by atoms with E-state index in [0.717, 1.165) is 17.1 Å². The summed E-state index contributed by atoms with van der Waals surface area (Å²) in [5.74, 6) is -6.05. The molecule has 6 N–H and O–H groups in total. The quantitative estimate of drug-likeness (QED) is 0.109. The van der Waals surface area contributed by atoms with Gasteiger partial charge in [0.25, 0.3) is 17.7 Å². The fourth-order valence-corrected chi connectivity index (χ4v) is 7.55. The number of anilines is 1. The van der Waals surface area contributed by atoms with Gasteiger partial charge in [0.1, 0.15) is 35.6 Å². The second kappa shape index (κ2) is 13.6. The number of Topliss-reactive ketones (excluding diaryl/α,β-unsaturated/α-hetero) is 1. The molecule has 0 saturated carbocycles. The Morgan fingerprint density at radius 3 is 2.35 bits per heavy atom. The van der Waals surface area contributed by atoms with Crippen molar-refractivity contribution in [1.82, 2.24) is 5.32 Å². The second-order valence-electron chi connectivity index (χ2n) is 13.5. The number of aliphatic hydroxyl groups is 3. The normalized spacial score (nSPS) is 25.9. The number of aromatic hydroxyl groups is 2. The van der Waals surface area contributed by atoms with Crippen molar-refractivity contribution in [3.8, 4) is 17.2 Å². The number of ether oxygens (including phenoxy) is 3. The molecule has 16 nitrogen and oxygen atoms in total. The lowest BCUT2D eigenvalue weighted by Crippen LogP contribution is -2.55. The van der Waals surface area contributed by atoms with Crippen LogP contribution in [0.15, 0.2) is 54.6 Å². The Balaban J connectivity index is 1.22. The number of hydrogen-bond acceptors (Lipinski definition) is 14. The summed E-state index contributed by atoms with van der Waals surface area (Å²) in [7, 11) is 1.29. The van der Waals surface area contributed by atoms with Gasteiger partial charge in [-0.05, 0) is 31.2 Å². The number of phenolic OH excluding ortho intramolecular Hbond substituents is 2. The third-order valence-corrected chi connectivity index (χ3v) is 10.3. The van der Waals surface area contributed by atoms with E-state index >= 15 is 0 Å². The minimum Gasteiger partial charge on any atom is -0.507 e. The summed E-state index contributed by atoms with van der Waals surface area (Å²) in [6.45, 7) is 0.392. The summed E-state index contributed by atoms with van der Waals surface area (Å²) in [5.41, 5.74) is -4.02. The number of hydrogen-bond donors (Lipinski definition) is 6. The van der Waals surface area contributed by atoms with Gasteiger partial charge in [0.15, 0.2) is 17.9 Å². The third-order valence-electron chi connectivity index (χ3n) is 10.3. The lowest BCUT2D eigenvalue weighted by Gasteiger charge is -2.43. The minimum absolute atomic E-state index is 0.0434. The van der Waals surface area contributed by atoms with Crippen LogP contribution in [0.5, 0.6) is 17.2 Å².